The fourth-order valence-corrected chi connectivity index (χ4v) is 2.02. The van der Waals surface area contributed by atoms with Crippen molar-refractivity contribution in [3.63, 3.8) is 0 Å². The highest BCUT2D eigenvalue weighted by atomic mass is 35.5. The summed E-state index contributed by atoms with van der Waals surface area (Å²) in [7, 11) is 0. The summed E-state index contributed by atoms with van der Waals surface area (Å²) in [5, 5.41) is -0.418. The summed E-state index contributed by atoms with van der Waals surface area (Å²) in [5.74, 6) is 0.838. The molecule has 1 aromatic carbocycles. The molecule has 0 heterocycles. The molecule has 1 aromatic rings. The zero-order valence-electron chi connectivity index (χ0n) is 10.8. The van der Waals surface area contributed by atoms with Crippen LogP contribution in [0, 0.1) is 13.8 Å². The number of carbonyl (C=O) groups excluding carboxylic acids is 1. The van der Waals surface area contributed by atoms with E-state index in [4.69, 9.17) is 16.3 Å². The van der Waals surface area contributed by atoms with Crippen molar-refractivity contribution < 1.29 is 9.53 Å². The molecular formula is C14H19ClO2. The molecule has 0 aliphatic carbocycles. The second-order valence-electron chi connectivity index (χ2n) is 4.35. The molecule has 0 N–H and O–H groups in total. The topological polar surface area (TPSA) is 26.3 Å². The molecule has 94 valence electrons. The van der Waals surface area contributed by atoms with Crippen LogP contribution in [0.15, 0.2) is 12.1 Å². The molecule has 0 saturated carbocycles. The molecule has 0 aromatic heterocycles. The van der Waals surface area contributed by atoms with Crippen LogP contribution in [-0.4, -0.2) is 11.3 Å². The maximum absolute atomic E-state index is 11.2. The summed E-state index contributed by atoms with van der Waals surface area (Å²) in [4.78, 5) is 11.2. The minimum absolute atomic E-state index is 0.190. The van der Waals surface area contributed by atoms with E-state index in [0.717, 1.165) is 29.7 Å². The van der Waals surface area contributed by atoms with Crippen molar-refractivity contribution >= 4 is 16.8 Å². The van der Waals surface area contributed by atoms with Gasteiger partial charge in [-0.15, -0.1) is 0 Å². The molecule has 0 unspecified atom stereocenters. The Morgan fingerprint density at radius 1 is 1.35 bits per heavy atom. The van der Waals surface area contributed by atoms with E-state index in [0.29, 0.717) is 5.56 Å². The average Bonchev–Trinajstić information content (AvgIpc) is 2.25. The van der Waals surface area contributed by atoms with Crippen molar-refractivity contribution in [1.82, 2.24) is 0 Å². The Bertz CT molecular complexity index is 413. The summed E-state index contributed by atoms with van der Waals surface area (Å²) in [6.07, 6.45) is 2.31. The lowest BCUT2D eigenvalue weighted by Crippen LogP contribution is -2.12. The van der Waals surface area contributed by atoms with Crippen LogP contribution in [0.25, 0.3) is 0 Å². The maximum Gasteiger partial charge on any atom is 0.252 e. The van der Waals surface area contributed by atoms with Gasteiger partial charge in [-0.2, -0.15) is 0 Å². The van der Waals surface area contributed by atoms with Crippen molar-refractivity contribution in [2.45, 2.75) is 46.6 Å². The van der Waals surface area contributed by atoms with E-state index in [1.165, 1.54) is 0 Å². The lowest BCUT2D eigenvalue weighted by Gasteiger charge is -2.17. The second kappa shape index (κ2) is 6.06. The molecule has 1 atom stereocenters. The first kappa shape index (κ1) is 14.0. The smallest absolute Gasteiger partial charge is 0.252 e. The Morgan fingerprint density at radius 3 is 2.53 bits per heavy atom. The van der Waals surface area contributed by atoms with Crippen molar-refractivity contribution in [2.75, 3.05) is 0 Å². The third-order valence-electron chi connectivity index (χ3n) is 2.97. The van der Waals surface area contributed by atoms with Gasteiger partial charge in [0.1, 0.15) is 5.75 Å². The van der Waals surface area contributed by atoms with Crippen molar-refractivity contribution in [3.8, 4) is 5.75 Å². The molecule has 0 bridgehead atoms. The first-order chi connectivity index (χ1) is 7.97. The summed E-state index contributed by atoms with van der Waals surface area (Å²) in [5.41, 5.74) is 2.44. The van der Waals surface area contributed by atoms with E-state index < -0.39 is 5.24 Å². The molecule has 0 spiro atoms. The van der Waals surface area contributed by atoms with Crippen LogP contribution in [0.1, 0.15) is 48.2 Å². The van der Waals surface area contributed by atoms with Crippen molar-refractivity contribution in [1.29, 1.82) is 0 Å². The Hall–Kier alpha value is -1.02. The minimum atomic E-state index is -0.418. The lowest BCUT2D eigenvalue weighted by molar-refractivity contribution is 0.108. The van der Waals surface area contributed by atoms with Gasteiger partial charge in [0.05, 0.1) is 6.10 Å². The fraction of sp³-hybridized carbons (Fsp3) is 0.500. The van der Waals surface area contributed by atoms with E-state index in [1.54, 1.807) is 6.07 Å². The summed E-state index contributed by atoms with van der Waals surface area (Å²) >= 11 is 5.51. The number of ether oxygens (including phenoxy) is 1. The predicted molar refractivity (Wildman–Crippen MR) is 71.1 cm³/mol. The predicted octanol–water partition coefficient (Wildman–Crippen LogP) is 4.25. The summed E-state index contributed by atoms with van der Waals surface area (Å²) in [6.45, 7) is 8.03. The third-order valence-corrected chi connectivity index (χ3v) is 3.18. The highest BCUT2D eigenvalue weighted by Gasteiger charge is 2.13. The first-order valence-electron chi connectivity index (χ1n) is 5.94. The van der Waals surface area contributed by atoms with Gasteiger partial charge in [0.2, 0.25) is 0 Å². The Morgan fingerprint density at radius 2 is 2.00 bits per heavy atom. The highest BCUT2D eigenvalue weighted by molar-refractivity contribution is 6.67. The van der Waals surface area contributed by atoms with Gasteiger partial charge in [0.15, 0.2) is 0 Å². The van der Waals surface area contributed by atoms with Gasteiger partial charge in [-0.1, -0.05) is 13.3 Å². The van der Waals surface area contributed by atoms with E-state index >= 15 is 0 Å². The summed E-state index contributed by atoms with van der Waals surface area (Å²) < 4.78 is 5.85. The SMILES string of the molecule is CCC[C@@H](C)Oc1ccc(C(=O)Cl)c(C)c1C. The maximum atomic E-state index is 11.2. The molecule has 0 aliphatic rings. The Balaban J connectivity index is 2.96. The Kier molecular flexibility index (Phi) is 5.01. The number of rotatable bonds is 5. The number of hydrogen-bond donors (Lipinski definition) is 0. The van der Waals surface area contributed by atoms with Gasteiger partial charge >= 0.3 is 0 Å². The molecule has 17 heavy (non-hydrogen) atoms. The number of halogens is 1. The molecule has 0 aliphatic heterocycles. The normalized spacial score (nSPS) is 12.3. The molecule has 1 rings (SSSR count). The van der Waals surface area contributed by atoms with E-state index in [-0.39, 0.29) is 6.10 Å². The molecule has 0 fully saturated rings. The van der Waals surface area contributed by atoms with E-state index in [2.05, 4.69) is 13.8 Å². The quantitative estimate of drug-likeness (QED) is 0.735. The van der Waals surface area contributed by atoms with Crippen LogP contribution in [-0.2, 0) is 0 Å². The largest absolute Gasteiger partial charge is 0.490 e. The van der Waals surface area contributed by atoms with Gasteiger partial charge in [0, 0.05) is 5.56 Å². The first-order valence-corrected chi connectivity index (χ1v) is 6.31. The lowest BCUT2D eigenvalue weighted by atomic mass is 10.0. The molecule has 0 radical (unpaired) electrons. The van der Waals surface area contributed by atoms with Crippen LogP contribution in [0.4, 0.5) is 0 Å². The second-order valence-corrected chi connectivity index (χ2v) is 4.70. The van der Waals surface area contributed by atoms with E-state index in [1.807, 2.05) is 19.9 Å². The number of hydrogen-bond acceptors (Lipinski definition) is 2. The third kappa shape index (κ3) is 3.47. The van der Waals surface area contributed by atoms with Crippen LogP contribution in [0.3, 0.4) is 0 Å². The molecular weight excluding hydrogens is 236 g/mol. The average molecular weight is 255 g/mol. The van der Waals surface area contributed by atoms with Crippen LogP contribution in [0.5, 0.6) is 5.75 Å². The van der Waals surface area contributed by atoms with Crippen molar-refractivity contribution in [2.24, 2.45) is 0 Å². The van der Waals surface area contributed by atoms with Gasteiger partial charge in [0.25, 0.3) is 5.24 Å². The van der Waals surface area contributed by atoms with Gasteiger partial charge in [-0.25, -0.2) is 0 Å². The van der Waals surface area contributed by atoms with Crippen LogP contribution in [0.2, 0.25) is 0 Å². The molecule has 0 amide bonds. The zero-order chi connectivity index (χ0) is 13.0. The van der Waals surface area contributed by atoms with Crippen LogP contribution >= 0.6 is 11.6 Å². The highest BCUT2D eigenvalue weighted by Crippen LogP contribution is 2.26. The van der Waals surface area contributed by atoms with Gasteiger partial charge < -0.3 is 4.74 Å². The summed E-state index contributed by atoms with van der Waals surface area (Å²) in [6, 6.07) is 3.55. The number of benzene rings is 1. The standard InChI is InChI=1S/C14H19ClO2/c1-5-6-9(2)17-13-8-7-12(14(15)16)10(3)11(13)4/h7-9H,5-6H2,1-4H3/t9-/m1/s1. The van der Waals surface area contributed by atoms with Crippen LogP contribution < -0.4 is 4.74 Å². The van der Waals surface area contributed by atoms with Gasteiger partial charge in [-0.3, -0.25) is 4.79 Å². The molecule has 3 heteroatoms. The van der Waals surface area contributed by atoms with Gasteiger partial charge in [-0.05, 0) is 62.1 Å². The Labute approximate surface area is 108 Å². The molecule has 2 nitrogen and oxygen atoms in total. The fourth-order valence-electron chi connectivity index (χ4n) is 1.82. The van der Waals surface area contributed by atoms with Crippen molar-refractivity contribution in [3.05, 3.63) is 28.8 Å². The minimum Gasteiger partial charge on any atom is -0.490 e. The van der Waals surface area contributed by atoms with E-state index in [9.17, 15) is 4.79 Å². The number of carbonyl (C=O) groups is 1. The monoisotopic (exact) mass is 254 g/mol. The zero-order valence-corrected chi connectivity index (χ0v) is 11.6. The molecule has 0 saturated heterocycles.